The van der Waals surface area contributed by atoms with E-state index in [2.05, 4.69) is 20.7 Å². The minimum Gasteiger partial charge on any atom is -0.480 e. The van der Waals surface area contributed by atoms with Crippen LogP contribution in [0.1, 0.15) is 12.6 Å². The van der Waals surface area contributed by atoms with Crippen LogP contribution in [-0.2, 0) is 6.54 Å². The van der Waals surface area contributed by atoms with Gasteiger partial charge in [-0.25, -0.2) is 14.3 Å². The number of benzene rings is 1. The zero-order valence-corrected chi connectivity index (χ0v) is 14.7. The van der Waals surface area contributed by atoms with Crippen molar-refractivity contribution >= 4 is 23.3 Å². The van der Waals surface area contributed by atoms with Gasteiger partial charge in [-0.1, -0.05) is 23.7 Å². The van der Waals surface area contributed by atoms with E-state index in [1.807, 2.05) is 25.1 Å². The third-order valence-electron chi connectivity index (χ3n) is 3.63. The van der Waals surface area contributed by atoms with Gasteiger partial charge in [0.05, 0.1) is 25.0 Å². The van der Waals surface area contributed by atoms with Crippen molar-refractivity contribution in [2.24, 2.45) is 0 Å². The number of methoxy groups -OCH3 is 1. The monoisotopic (exact) mass is 359 g/mol. The van der Waals surface area contributed by atoms with Crippen molar-refractivity contribution in [1.82, 2.24) is 25.2 Å². The number of fused-ring (bicyclic) bond motifs is 1. The molecular formula is C17H18ClN5O2. The number of amides is 2. The molecular weight excluding hydrogens is 342 g/mol. The van der Waals surface area contributed by atoms with Crippen LogP contribution >= 0.6 is 11.6 Å². The standard InChI is InChI=1S/C17H18ClN5O2/c1-3-19-17(24)20-10-13-16(11-4-6-12(18)7-5-11)21-14-8-9-15(25-2)22-23(13)14/h4-9H,3,10H2,1-2H3,(H2,19,20,24). The normalized spacial score (nSPS) is 10.7. The van der Waals surface area contributed by atoms with Crippen LogP contribution in [0.25, 0.3) is 16.9 Å². The van der Waals surface area contributed by atoms with Gasteiger partial charge in [0.1, 0.15) is 0 Å². The van der Waals surface area contributed by atoms with Crippen LogP contribution in [0, 0.1) is 0 Å². The van der Waals surface area contributed by atoms with E-state index in [0.717, 1.165) is 17.0 Å². The first-order chi connectivity index (χ1) is 12.1. The van der Waals surface area contributed by atoms with Crippen LogP contribution in [0.2, 0.25) is 5.02 Å². The van der Waals surface area contributed by atoms with Gasteiger partial charge in [0.25, 0.3) is 0 Å². The molecule has 0 spiro atoms. The molecule has 0 aliphatic heterocycles. The molecule has 0 radical (unpaired) electrons. The molecule has 25 heavy (non-hydrogen) atoms. The largest absolute Gasteiger partial charge is 0.480 e. The van der Waals surface area contributed by atoms with E-state index in [1.54, 1.807) is 29.8 Å². The summed E-state index contributed by atoms with van der Waals surface area (Å²) in [6.45, 7) is 2.68. The number of urea groups is 1. The van der Waals surface area contributed by atoms with E-state index in [4.69, 9.17) is 16.3 Å². The van der Waals surface area contributed by atoms with Gasteiger partial charge in [0, 0.05) is 23.2 Å². The predicted molar refractivity (Wildman–Crippen MR) is 95.9 cm³/mol. The van der Waals surface area contributed by atoms with E-state index < -0.39 is 0 Å². The van der Waals surface area contributed by atoms with Crippen molar-refractivity contribution in [2.75, 3.05) is 13.7 Å². The molecule has 2 N–H and O–H groups in total. The first kappa shape index (κ1) is 17.0. The summed E-state index contributed by atoms with van der Waals surface area (Å²) in [5, 5.41) is 10.6. The number of imidazole rings is 1. The minimum atomic E-state index is -0.248. The second-order valence-electron chi connectivity index (χ2n) is 5.27. The second kappa shape index (κ2) is 7.40. The Morgan fingerprint density at radius 1 is 1.20 bits per heavy atom. The Balaban J connectivity index is 2.06. The lowest BCUT2D eigenvalue weighted by atomic mass is 10.1. The Morgan fingerprint density at radius 3 is 2.64 bits per heavy atom. The SMILES string of the molecule is CCNC(=O)NCc1c(-c2ccc(Cl)cc2)nc2ccc(OC)nn12. The van der Waals surface area contributed by atoms with Crippen molar-refractivity contribution < 1.29 is 9.53 Å². The molecule has 2 amide bonds. The lowest BCUT2D eigenvalue weighted by Crippen LogP contribution is -2.35. The van der Waals surface area contributed by atoms with Crippen molar-refractivity contribution in [2.45, 2.75) is 13.5 Å². The third-order valence-corrected chi connectivity index (χ3v) is 3.88. The minimum absolute atomic E-state index is 0.248. The maximum atomic E-state index is 11.8. The van der Waals surface area contributed by atoms with E-state index in [0.29, 0.717) is 23.1 Å². The lowest BCUT2D eigenvalue weighted by molar-refractivity contribution is 0.241. The van der Waals surface area contributed by atoms with E-state index >= 15 is 0 Å². The van der Waals surface area contributed by atoms with Gasteiger partial charge >= 0.3 is 6.03 Å². The van der Waals surface area contributed by atoms with Crippen LogP contribution < -0.4 is 15.4 Å². The molecule has 130 valence electrons. The van der Waals surface area contributed by atoms with E-state index in [9.17, 15) is 4.79 Å². The molecule has 8 heteroatoms. The topological polar surface area (TPSA) is 80.5 Å². The second-order valence-corrected chi connectivity index (χ2v) is 5.71. The number of carbonyl (C=O) groups is 1. The highest BCUT2D eigenvalue weighted by Crippen LogP contribution is 2.26. The number of ether oxygens (including phenoxy) is 1. The Morgan fingerprint density at radius 2 is 1.96 bits per heavy atom. The number of carbonyl (C=O) groups excluding carboxylic acids is 1. The molecule has 0 fully saturated rings. The van der Waals surface area contributed by atoms with Gasteiger partial charge in [-0.05, 0) is 25.1 Å². The molecule has 0 aliphatic rings. The molecule has 3 rings (SSSR count). The smallest absolute Gasteiger partial charge is 0.315 e. The first-order valence-electron chi connectivity index (χ1n) is 7.82. The maximum Gasteiger partial charge on any atom is 0.315 e. The fourth-order valence-electron chi connectivity index (χ4n) is 2.46. The van der Waals surface area contributed by atoms with E-state index in [1.165, 1.54) is 0 Å². The first-order valence-corrected chi connectivity index (χ1v) is 8.20. The van der Waals surface area contributed by atoms with Crippen LogP contribution in [0.3, 0.4) is 0 Å². The Labute approximate surface area is 150 Å². The fraction of sp³-hybridized carbons (Fsp3) is 0.235. The van der Waals surface area contributed by atoms with Crippen molar-refractivity contribution in [3.05, 3.63) is 47.1 Å². The number of nitrogens with zero attached hydrogens (tertiary/aromatic N) is 3. The number of rotatable bonds is 5. The number of hydrogen-bond acceptors (Lipinski definition) is 4. The molecule has 2 aromatic heterocycles. The summed E-state index contributed by atoms with van der Waals surface area (Å²) >= 11 is 5.97. The molecule has 3 aromatic rings. The summed E-state index contributed by atoms with van der Waals surface area (Å²) in [5.74, 6) is 0.465. The molecule has 0 bridgehead atoms. The highest BCUT2D eigenvalue weighted by Gasteiger charge is 2.16. The summed E-state index contributed by atoms with van der Waals surface area (Å²) in [4.78, 5) is 16.4. The number of aromatic nitrogens is 3. The van der Waals surface area contributed by atoms with Crippen molar-refractivity contribution in [1.29, 1.82) is 0 Å². The quantitative estimate of drug-likeness (QED) is 0.734. The molecule has 0 saturated heterocycles. The van der Waals surface area contributed by atoms with Gasteiger partial charge in [-0.2, -0.15) is 0 Å². The summed E-state index contributed by atoms with van der Waals surface area (Å²) in [5.41, 5.74) is 3.04. The summed E-state index contributed by atoms with van der Waals surface area (Å²) in [7, 11) is 1.55. The van der Waals surface area contributed by atoms with Crippen molar-refractivity contribution in [3.63, 3.8) is 0 Å². The van der Waals surface area contributed by atoms with Gasteiger partial charge in [-0.3, -0.25) is 0 Å². The molecule has 0 saturated carbocycles. The molecule has 2 heterocycles. The van der Waals surface area contributed by atoms with Crippen molar-refractivity contribution in [3.8, 4) is 17.1 Å². The highest BCUT2D eigenvalue weighted by molar-refractivity contribution is 6.30. The van der Waals surface area contributed by atoms with Crippen LogP contribution in [0.4, 0.5) is 4.79 Å². The van der Waals surface area contributed by atoms with E-state index in [-0.39, 0.29) is 12.6 Å². The summed E-state index contributed by atoms with van der Waals surface area (Å²) in [6, 6.07) is 10.7. The summed E-state index contributed by atoms with van der Waals surface area (Å²) < 4.78 is 6.87. The number of hydrogen-bond donors (Lipinski definition) is 2. The molecule has 0 atom stereocenters. The van der Waals surface area contributed by atoms with Gasteiger partial charge in [0.15, 0.2) is 5.65 Å². The zero-order valence-electron chi connectivity index (χ0n) is 13.9. The molecule has 7 nitrogen and oxygen atoms in total. The maximum absolute atomic E-state index is 11.8. The Hall–Kier alpha value is -2.80. The van der Waals surface area contributed by atoms with Gasteiger partial charge in [-0.15, -0.1) is 5.10 Å². The van der Waals surface area contributed by atoms with Crippen LogP contribution in [-0.4, -0.2) is 34.3 Å². The average molecular weight is 360 g/mol. The van der Waals surface area contributed by atoms with Crippen LogP contribution in [0.5, 0.6) is 5.88 Å². The molecule has 0 unspecified atom stereocenters. The number of halogens is 1. The predicted octanol–water partition coefficient (Wildman–Crippen LogP) is 2.88. The van der Waals surface area contributed by atoms with Gasteiger partial charge in [0.2, 0.25) is 5.88 Å². The molecule has 0 aliphatic carbocycles. The Bertz CT molecular complexity index is 892. The number of nitrogens with one attached hydrogen (secondary N) is 2. The molecule has 1 aromatic carbocycles. The third kappa shape index (κ3) is 3.66. The highest BCUT2D eigenvalue weighted by atomic mass is 35.5. The average Bonchev–Trinajstić information content (AvgIpc) is 2.98. The van der Waals surface area contributed by atoms with Crippen LogP contribution in [0.15, 0.2) is 36.4 Å². The lowest BCUT2D eigenvalue weighted by Gasteiger charge is -2.08. The Kier molecular flexibility index (Phi) is 5.04. The fourth-order valence-corrected chi connectivity index (χ4v) is 2.58. The van der Waals surface area contributed by atoms with Gasteiger partial charge < -0.3 is 15.4 Å². The zero-order chi connectivity index (χ0) is 17.8. The summed E-state index contributed by atoms with van der Waals surface area (Å²) in [6.07, 6.45) is 0.